The SMILES string of the molecule is CC1=C[C@@H](O)CC(=O)Cc2nc(co2)C(=O)N2CCC[C@@H]2C(=O)O[C@H]([C@@H](C)COC(=O)Nc2cnccn2)[C@H](C)/C=C(\C=O)CNCC=C1. The van der Waals surface area contributed by atoms with Gasteiger partial charge in [-0.25, -0.2) is 19.6 Å². The number of oxazole rings is 1. The number of carbonyl (C=O) groups excluding carboxylic acids is 5. The van der Waals surface area contributed by atoms with Crippen LogP contribution in [0.4, 0.5) is 10.6 Å². The minimum absolute atomic E-state index is 0.0211. The molecule has 2 aromatic heterocycles. The van der Waals surface area contributed by atoms with Crippen LogP contribution in [-0.4, -0.2) is 99.5 Å². The van der Waals surface area contributed by atoms with Gasteiger partial charge in [-0.3, -0.25) is 24.7 Å². The number of nitrogens with one attached hydrogen (secondary N) is 2. The monoisotopic (exact) mass is 678 g/mol. The zero-order chi connectivity index (χ0) is 35.3. The van der Waals surface area contributed by atoms with Gasteiger partial charge < -0.3 is 29.2 Å². The van der Waals surface area contributed by atoms with Gasteiger partial charge in [0, 0.05) is 55.9 Å². The van der Waals surface area contributed by atoms with Gasteiger partial charge in [0.25, 0.3) is 5.91 Å². The number of nitrogens with zero attached hydrogens (tertiary/aromatic N) is 4. The Hall–Kier alpha value is -5.02. The average molecular weight is 679 g/mol. The molecule has 15 heteroatoms. The fourth-order valence-corrected chi connectivity index (χ4v) is 5.66. The van der Waals surface area contributed by atoms with Crippen molar-refractivity contribution >= 4 is 35.9 Å². The van der Waals surface area contributed by atoms with E-state index < -0.39 is 48.1 Å². The number of anilines is 1. The number of hydrogen-bond donors (Lipinski definition) is 3. The molecule has 2 aromatic rings. The Morgan fingerprint density at radius 1 is 1.27 bits per heavy atom. The van der Waals surface area contributed by atoms with Gasteiger partial charge in [0.2, 0.25) is 5.89 Å². The van der Waals surface area contributed by atoms with Crippen molar-refractivity contribution in [2.24, 2.45) is 11.8 Å². The van der Waals surface area contributed by atoms with Gasteiger partial charge in [-0.1, -0.05) is 43.7 Å². The number of esters is 1. The van der Waals surface area contributed by atoms with Gasteiger partial charge in [0.15, 0.2) is 11.5 Å². The van der Waals surface area contributed by atoms with Crippen LogP contribution in [0.15, 0.2) is 64.7 Å². The maximum absolute atomic E-state index is 13.7. The summed E-state index contributed by atoms with van der Waals surface area (Å²) in [5.74, 6) is -2.36. The molecule has 0 aromatic carbocycles. The Bertz CT molecular complexity index is 1570. The lowest BCUT2D eigenvalue weighted by Crippen LogP contribution is -2.44. The number of allylic oxidation sites excluding steroid dienone is 2. The van der Waals surface area contributed by atoms with E-state index in [1.165, 1.54) is 23.5 Å². The topological polar surface area (TPSA) is 203 Å². The van der Waals surface area contributed by atoms with Gasteiger partial charge in [-0.2, -0.15) is 0 Å². The van der Waals surface area contributed by atoms with E-state index in [-0.39, 0.29) is 55.7 Å². The standard InChI is InChI=1S/C34H42N6O9/c1-21-6-4-8-35-16-24(18-41)13-22(2)31(23(3)19-48-34(46)39-29-17-36-9-10-37-29)49-33(45)28-7-5-11-40(28)32(44)27-20-47-30(38-27)15-26(43)14-25(42)12-21/h4,6,9-10,12-13,17-18,20,22-23,25,28,31,35,42H,5,7-8,11,14-16,19H2,1-3H3,(H,37,39,46)/b6-4?,21-12?,24-13-/t22-,23+,25-,28-,31+/m1/s1. The van der Waals surface area contributed by atoms with E-state index in [2.05, 4.69) is 25.6 Å². The maximum atomic E-state index is 13.7. The second kappa shape index (κ2) is 17.9. The molecule has 15 nitrogen and oxygen atoms in total. The normalized spacial score (nSPS) is 24.9. The van der Waals surface area contributed by atoms with Crippen molar-refractivity contribution in [1.29, 1.82) is 0 Å². The molecule has 3 N–H and O–H groups in total. The van der Waals surface area contributed by atoms with Crippen molar-refractivity contribution in [3.63, 3.8) is 0 Å². The third-order valence-corrected chi connectivity index (χ3v) is 8.00. The van der Waals surface area contributed by atoms with Crippen LogP contribution in [0.5, 0.6) is 0 Å². The molecule has 0 spiro atoms. The number of ketones is 1. The van der Waals surface area contributed by atoms with Crippen molar-refractivity contribution < 1.29 is 43.0 Å². The molecule has 4 heterocycles. The van der Waals surface area contributed by atoms with Gasteiger partial charge >= 0.3 is 12.1 Å². The number of rotatable bonds is 5. The van der Waals surface area contributed by atoms with Crippen molar-refractivity contribution in [2.75, 3.05) is 31.6 Å². The second-order valence-electron chi connectivity index (χ2n) is 12.1. The number of carbonyl (C=O) groups is 5. The second-order valence-corrected chi connectivity index (χ2v) is 12.1. The first-order chi connectivity index (χ1) is 23.5. The van der Waals surface area contributed by atoms with E-state index in [0.29, 0.717) is 31.2 Å². The Labute approximate surface area is 283 Å². The highest BCUT2D eigenvalue weighted by Crippen LogP contribution is 2.26. The highest BCUT2D eigenvalue weighted by Gasteiger charge is 2.39. The minimum Gasteiger partial charge on any atom is -0.460 e. The highest BCUT2D eigenvalue weighted by molar-refractivity contribution is 5.95. The molecule has 4 rings (SSSR count). The molecular weight excluding hydrogens is 636 g/mol. The third kappa shape index (κ3) is 11.0. The van der Waals surface area contributed by atoms with Gasteiger partial charge in [0.05, 0.1) is 25.3 Å². The van der Waals surface area contributed by atoms with Crippen LogP contribution in [0, 0.1) is 11.8 Å². The zero-order valence-electron chi connectivity index (χ0n) is 27.7. The van der Waals surface area contributed by atoms with E-state index in [1.54, 1.807) is 39.0 Å². The molecule has 0 unspecified atom stereocenters. The predicted octanol–water partition coefficient (Wildman–Crippen LogP) is 2.60. The summed E-state index contributed by atoms with van der Waals surface area (Å²) in [4.78, 5) is 77.6. The summed E-state index contributed by atoms with van der Waals surface area (Å²) < 4.78 is 16.9. The third-order valence-electron chi connectivity index (χ3n) is 8.00. The quantitative estimate of drug-likeness (QED) is 0.308. The average Bonchev–Trinajstić information content (AvgIpc) is 3.75. The van der Waals surface area contributed by atoms with E-state index in [0.717, 1.165) is 11.8 Å². The van der Waals surface area contributed by atoms with E-state index >= 15 is 0 Å². The largest absolute Gasteiger partial charge is 0.460 e. The first-order valence-corrected chi connectivity index (χ1v) is 16.1. The first kappa shape index (κ1) is 36.8. The lowest BCUT2D eigenvalue weighted by molar-refractivity contribution is -0.159. The molecular formula is C34H42N6O9. The summed E-state index contributed by atoms with van der Waals surface area (Å²) >= 11 is 0. The molecule has 5 atom stereocenters. The van der Waals surface area contributed by atoms with Crippen molar-refractivity contribution in [2.45, 2.75) is 64.7 Å². The number of aliphatic hydroxyl groups excluding tert-OH is 1. The smallest absolute Gasteiger partial charge is 0.412 e. The maximum Gasteiger partial charge on any atom is 0.412 e. The molecule has 1 fully saturated rings. The van der Waals surface area contributed by atoms with Gasteiger partial charge in [-0.15, -0.1) is 0 Å². The van der Waals surface area contributed by atoms with Crippen molar-refractivity contribution in [3.05, 3.63) is 71.9 Å². The van der Waals surface area contributed by atoms with E-state index in [9.17, 15) is 29.1 Å². The number of ether oxygens (including phenoxy) is 2. The number of cyclic esters (lactones) is 1. The summed E-state index contributed by atoms with van der Waals surface area (Å²) in [6.07, 6.45) is 10.8. The molecule has 2 bridgehead atoms. The Morgan fingerprint density at radius 2 is 2.08 bits per heavy atom. The molecule has 2 amide bonds. The fraction of sp³-hybridized carbons (Fsp3) is 0.471. The summed E-state index contributed by atoms with van der Waals surface area (Å²) in [5, 5.41) is 16.0. The van der Waals surface area contributed by atoms with E-state index in [1.807, 2.05) is 6.08 Å². The number of hydrogen-bond acceptors (Lipinski definition) is 13. The lowest BCUT2D eigenvalue weighted by atomic mass is 9.91. The van der Waals surface area contributed by atoms with E-state index in [4.69, 9.17) is 13.9 Å². The van der Waals surface area contributed by atoms with Crippen LogP contribution in [0.3, 0.4) is 0 Å². The van der Waals surface area contributed by atoms with Crippen molar-refractivity contribution in [1.82, 2.24) is 25.2 Å². The molecule has 2 aliphatic heterocycles. The Kier molecular flexibility index (Phi) is 13.5. The molecule has 0 radical (unpaired) electrons. The van der Waals surface area contributed by atoms with Crippen LogP contribution < -0.4 is 10.6 Å². The number of amides is 2. The summed E-state index contributed by atoms with van der Waals surface area (Å²) in [6, 6.07) is -0.924. The molecule has 2 aliphatic rings. The zero-order valence-corrected chi connectivity index (χ0v) is 27.7. The van der Waals surface area contributed by atoms with Gasteiger partial charge in [0.1, 0.15) is 30.5 Å². The predicted molar refractivity (Wildman–Crippen MR) is 175 cm³/mol. The number of fused-ring (bicyclic) bond motifs is 3. The summed E-state index contributed by atoms with van der Waals surface area (Å²) in [5.41, 5.74) is 1.08. The molecule has 0 saturated carbocycles. The number of aliphatic hydroxyl groups is 1. The molecule has 0 aliphatic carbocycles. The van der Waals surface area contributed by atoms with Gasteiger partial charge in [-0.05, 0) is 19.8 Å². The first-order valence-electron chi connectivity index (χ1n) is 16.1. The minimum atomic E-state index is -1.03. The molecule has 262 valence electrons. The summed E-state index contributed by atoms with van der Waals surface area (Å²) in [7, 11) is 0. The Balaban J connectivity index is 1.57. The van der Waals surface area contributed by atoms with Crippen LogP contribution in [0.25, 0.3) is 0 Å². The van der Waals surface area contributed by atoms with Crippen LogP contribution in [0.1, 0.15) is 56.4 Å². The molecule has 1 saturated heterocycles. The van der Waals surface area contributed by atoms with Crippen molar-refractivity contribution in [3.8, 4) is 0 Å². The number of Topliss-reactive ketones (excluding diaryl/α,β-unsaturated/α-hetero) is 1. The number of aromatic nitrogens is 3. The highest BCUT2D eigenvalue weighted by atomic mass is 16.6. The molecule has 49 heavy (non-hydrogen) atoms. The van der Waals surface area contributed by atoms with Crippen LogP contribution >= 0.6 is 0 Å². The lowest BCUT2D eigenvalue weighted by Gasteiger charge is -2.31. The Morgan fingerprint density at radius 3 is 2.84 bits per heavy atom. The summed E-state index contributed by atoms with van der Waals surface area (Å²) in [6.45, 7) is 6.07. The fourth-order valence-electron chi connectivity index (χ4n) is 5.66. The van der Waals surface area contributed by atoms with Crippen LogP contribution in [-0.2, 0) is 30.3 Å². The van der Waals surface area contributed by atoms with Crippen LogP contribution in [0.2, 0.25) is 0 Å². The number of aldehydes is 1.